The van der Waals surface area contributed by atoms with Gasteiger partial charge in [-0.1, -0.05) is 17.7 Å². The summed E-state index contributed by atoms with van der Waals surface area (Å²) in [5.41, 5.74) is -0.811. The molecule has 0 amide bonds. The van der Waals surface area contributed by atoms with Gasteiger partial charge in [0.1, 0.15) is 0 Å². The average Bonchev–Trinajstić information content (AvgIpc) is 2.41. The van der Waals surface area contributed by atoms with E-state index in [4.69, 9.17) is 11.6 Å². The van der Waals surface area contributed by atoms with Crippen LogP contribution in [0.25, 0.3) is 0 Å². The number of aliphatic hydroxyl groups excluding tert-OH is 1. The summed E-state index contributed by atoms with van der Waals surface area (Å²) in [5, 5.41) is 12.7. The third-order valence-electron chi connectivity index (χ3n) is 3.46. The summed E-state index contributed by atoms with van der Waals surface area (Å²) in [7, 11) is 0. The first kappa shape index (κ1) is 18.5. The molecule has 0 unspecified atom stereocenters. The van der Waals surface area contributed by atoms with E-state index in [1.54, 1.807) is 0 Å². The van der Waals surface area contributed by atoms with Crippen molar-refractivity contribution < 1.29 is 18.3 Å². The molecule has 120 valence electrons. The maximum atomic E-state index is 13.1. The van der Waals surface area contributed by atoms with Crippen LogP contribution in [0.2, 0.25) is 5.02 Å². The molecule has 21 heavy (non-hydrogen) atoms. The number of nitrogens with one attached hydrogen (secondary N) is 1. The maximum Gasteiger partial charge on any atom is 0.416 e. The minimum Gasteiger partial charge on any atom is -0.394 e. The molecule has 0 spiro atoms. The van der Waals surface area contributed by atoms with Crippen molar-refractivity contribution in [3.8, 4) is 0 Å². The molecule has 0 radical (unpaired) electrons. The highest BCUT2D eigenvalue weighted by molar-refractivity contribution is 6.31. The first-order valence-corrected chi connectivity index (χ1v) is 6.74. The second-order valence-corrected chi connectivity index (χ2v) is 5.09. The summed E-state index contributed by atoms with van der Waals surface area (Å²) in [5.74, 6) is 0. The van der Waals surface area contributed by atoms with Gasteiger partial charge in [-0.2, -0.15) is 13.2 Å². The van der Waals surface area contributed by atoms with Crippen molar-refractivity contribution in [2.24, 2.45) is 0 Å². The topological polar surface area (TPSA) is 35.5 Å². The van der Waals surface area contributed by atoms with Gasteiger partial charge in [0.25, 0.3) is 0 Å². The number of rotatable bonds is 3. The van der Waals surface area contributed by atoms with E-state index in [2.05, 4.69) is 5.32 Å². The molecule has 0 saturated carbocycles. The van der Waals surface area contributed by atoms with Gasteiger partial charge in [0.2, 0.25) is 0 Å². The molecule has 2 N–H and O–H groups in total. The molecule has 1 aromatic rings. The average molecular weight is 345 g/mol. The number of benzene rings is 1. The molecule has 0 aromatic heterocycles. The minimum absolute atomic E-state index is 0. The molecule has 1 heterocycles. The zero-order valence-corrected chi connectivity index (χ0v) is 12.7. The summed E-state index contributed by atoms with van der Waals surface area (Å²) in [6.07, 6.45) is -4.48. The van der Waals surface area contributed by atoms with Crippen LogP contribution < -0.4 is 5.32 Å². The fraction of sp³-hybridized carbons (Fsp3) is 0.538. The molecule has 1 aromatic carbocycles. The number of piperazine rings is 1. The Labute approximate surface area is 132 Å². The zero-order chi connectivity index (χ0) is 14.8. The Kier molecular flexibility index (Phi) is 6.74. The van der Waals surface area contributed by atoms with Gasteiger partial charge in [-0.3, -0.25) is 4.90 Å². The first-order valence-electron chi connectivity index (χ1n) is 6.36. The van der Waals surface area contributed by atoms with E-state index < -0.39 is 24.4 Å². The van der Waals surface area contributed by atoms with E-state index >= 15 is 0 Å². The van der Waals surface area contributed by atoms with E-state index in [9.17, 15) is 18.3 Å². The third kappa shape index (κ3) is 4.23. The van der Waals surface area contributed by atoms with Gasteiger partial charge in [-0.15, -0.1) is 12.4 Å². The van der Waals surface area contributed by atoms with Gasteiger partial charge in [-0.25, -0.2) is 0 Å². The molecule has 0 aliphatic carbocycles. The Morgan fingerprint density at radius 3 is 2.43 bits per heavy atom. The molecule has 8 heteroatoms. The van der Waals surface area contributed by atoms with E-state index in [-0.39, 0.29) is 23.0 Å². The summed E-state index contributed by atoms with van der Waals surface area (Å²) in [4.78, 5) is 1.83. The minimum atomic E-state index is -4.48. The number of nitrogens with zero attached hydrogens (tertiary/aromatic N) is 1. The van der Waals surface area contributed by atoms with E-state index in [0.29, 0.717) is 26.2 Å². The van der Waals surface area contributed by atoms with Gasteiger partial charge in [0, 0.05) is 36.8 Å². The van der Waals surface area contributed by atoms with Gasteiger partial charge >= 0.3 is 6.18 Å². The summed E-state index contributed by atoms with van der Waals surface area (Å²) < 4.78 is 39.4. The van der Waals surface area contributed by atoms with E-state index in [1.807, 2.05) is 4.90 Å². The predicted octanol–water partition coefficient (Wildman–Crippen LogP) is 2.72. The second-order valence-electron chi connectivity index (χ2n) is 4.68. The Morgan fingerprint density at radius 2 is 1.90 bits per heavy atom. The summed E-state index contributed by atoms with van der Waals surface area (Å²) in [6, 6.07) is 2.98. The number of hydrogen-bond donors (Lipinski definition) is 2. The van der Waals surface area contributed by atoms with Crippen LogP contribution in [0.5, 0.6) is 0 Å². The van der Waals surface area contributed by atoms with Crippen LogP contribution in [0.1, 0.15) is 17.2 Å². The van der Waals surface area contributed by atoms with Crippen LogP contribution in [0, 0.1) is 0 Å². The third-order valence-corrected chi connectivity index (χ3v) is 3.79. The van der Waals surface area contributed by atoms with E-state index in [0.717, 1.165) is 6.07 Å². The highest BCUT2D eigenvalue weighted by Gasteiger charge is 2.37. The van der Waals surface area contributed by atoms with Crippen molar-refractivity contribution in [3.63, 3.8) is 0 Å². The zero-order valence-electron chi connectivity index (χ0n) is 11.2. The molecular formula is C13H17Cl2F3N2O. The standard InChI is InChI=1S/C13H16ClF3N2O.ClH/c14-10-3-1-2-9(13(15,16)17)12(10)11(8-20)19-6-4-18-5-7-19;/h1-3,11,18,20H,4-8H2;1H/t11-;/m0./s1. The van der Waals surface area contributed by atoms with Gasteiger partial charge in [-0.05, 0) is 12.1 Å². The van der Waals surface area contributed by atoms with Crippen molar-refractivity contribution in [1.29, 1.82) is 0 Å². The molecule has 1 saturated heterocycles. The molecule has 0 bridgehead atoms. The van der Waals surface area contributed by atoms with Crippen molar-refractivity contribution in [2.45, 2.75) is 12.2 Å². The van der Waals surface area contributed by atoms with Gasteiger partial charge < -0.3 is 10.4 Å². The molecule has 1 aliphatic rings. The van der Waals surface area contributed by atoms with Crippen molar-refractivity contribution >= 4 is 24.0 Å². The Balaban J connectivity index is 0.00000220. The number of alkyl halides is 3. The lowest BCUT2D eigenvalue weighted by Crippen LogP contribution is -2.46. The van der Waals surface area contributed by atoms with Crippen LogP contribution in [0.15, 0.2) is 18.2 Å². The molecule has 1 atom stereocenters. The largest absolute Gasteiger partial charge is 0.416 e. The predicted molar refractivity (Wildman–Crippen MR) is 78.0 cm³/mol. The lowest BCUT2D eigenvalue weighted by molar-refractivity contribution is -0.139. The fourth-order valence-electron chi connectivity index (χ4n) is 2.51. The Hall–Kier alpha value is -0.530. The highest BCUT2D eigenvalue weighted by atomic mass is 35.5. The lowest BCUT2D eigenvalue weighted by atomic mass is 9.98. The number of aliphatic hydroxyl groups is 1. The van der Waals surface area contributed by atoms with Gasteiger partial charge in [0.15, 0.2) is 0 Å². The van der Waals surface area contributed by atoms with Crippen LogP contribution >= 0.6 is 24.0 Å². The number of halogens is 5. The van der Waals surface area contributed by atoms with Crippen molar-refractivity contribution in [2.75, 3.05) is 32.8 Å². The summed E-state index contributed by atoms with van der Waals surface area (Å²) >= 11 is 5.97. The van der Waals surface area contributed by atoms with Crippen LogP contribution in [0.4, 0.5) is 13.2 Å². The molecule has 1 aliphatic heterocycles. The maximum absolute atomic E-state index is 13.1. The molecule has 1 fully saturated rings. The van der Waals surface area contributed by atoms with Gasteiger partial charge in [0.05, 0.1) is 18.2 Å². The molecular weight excluding hydrogens is 328 g/mol. The quantitative estimate of drug-likeness (QED) is 0.884. The monoisotopic (exact) mass is 344 g/mol. The first-order chi connectivity index (χ1) is 9.45. The second kappa shape index (κ2) is 7.65. The number of hydrogen-bond acceptors (Lipinski definition) is 3. The smallest absolute Gasteiger partial charge is 0.394 e. The SMILES string of the molecule is Cl.OC[C@@H](c1c(Cl)cccc1C(F)(F)F)N1CCNCC1. The van der Waals surface area contributed by atoms with Crippen molar-refractivity contribution in [3.05, 3.63) is 34.3 Å². The fourth-order valence-corrected chi connectivity index (χ4v) is 2.81. The molecule has 2 rings (SSSR count). The van der Waals surface area contributed by atoms with Crippen LogP contribution in [-0.2, 0) is 6.18 Å². The van der Waals surface area contributed by atoms with Crippen LogP contribution in [-0.4, -0.2) is 42.8 Å². The highest BCUT2D eigenvalue weighted by Crippen LogP contribution is 2.39. The molecule has 3 nitrogen and oxygen atoms in total. The normalized spacial score (nSPS) is 18.1. The van der Waals surface area contributed by atoms with E-state index in [1.165, 1.54) is 12.1 Å². The van der Waals surface area contributed by atoms with Crippen molar-refractivity contribution in [1.82, 2.24) is 10.2 Å². The van der Waals surface area contributed by atoms with Crippen LogP contribution in [0.3, 0.4) is 0 Å². The Bertz CT molecular complexity index is 465. The summed E-state index contributed by atoms with van der Waals surface area (Å²) in [6.45, 7) is 2.12. The Morgan fingerprint density at radius 1 is 1.29 bits per heavy atom. The lowest BCUT2D eigenvalue weighted by Gasteiger charge is -2.35.